The van der Waals surface area contributed by atoms with Gasteiger partial charge in [-0.25, -0.2) is 9.67 Å². The molecule has 126 valence electrons. The van der Waals surface area contributed by atoms with E-state index in [1.54, 1.807) is 6.92 Å². The molecule has 3 atom stereocenters. The van der Waals surface area contributed by atoms with Gasteiger partial charge in [0, 0.05) is 0 Å². The predicted molar refractivity (Wildman–Crippen MR) is 89.0 cm³/mol. The van der Waals surface area contributed by atoms with Gasteiger partial charge in [0.15, 0.2) is 0 Å². The molecule has 0 aliphatic rings. The highest BCUT2D eigenvalue weighted by molar-refractivity contribution is 5.80. The molecule has 24 heavy (non-hydrogen) atoms. The summed E-state index contributed by atoms with van der Waals surface area (Å²) in [6.07, 6.45) is 2.35. The first-order valence-corrected chi connectivity index (χ1v) is 8.07. The lowest BCUT2D eigenvalue weighted by molar-refractivity contribution is -0.125. The van der Waals surface area contributed by atoms with Crippen molar-refractivity contribution in [3.05, 3.63) is 36.4 Å². The van der Waals surface area contributed by atoms with Gasteiger partial charge in [0.2, 0.25) is 5.91 Å². The lowest BCUT2D eigenvalue weighted by atomic mass is 9.98. The summed E-state index contributed by atoms with van der Waals surface area (Å²) in [4.78, 5) is 20.5. The molecule has 1 amide bonds. The van der Waals surface area contributed by atoms with Crippen LogP contribution in [0.3, 0.4) is 0 Å². The van der Waals surface area contributed by atoms with Gasteiger partial charge in [-0.2, -0.15) is 0 Å². The molecule has 3 rings (SSSR count). The summed E-state index contributed by atoms with van der Waals surface area (Å²) in [6, 6.07) is 7.15. The molecule has 0 saturated heterocycles. The van der Waals surface area contributed by atoms with Crippen molar-refractivity contribution in [3.8, 4) is 0 Å². The van der Waals surface area contributed by atoms with Gasteiger partial charge in [0.05, 0.1) is 17.1 Å². The number of carbonyl (C=O) groups excluding carboxylic acids is 1. The summed E-state index contributed by atoms with van der Waals surface area (Å²) >= 11 is 0. The van der Waals surface area contributed by atoms with Gasteiger partial charge in [-0.1, -0.05) is 32.4 Å². The number of imidazole rings is 1. The third-order valence-corrected chi connectivity index (χ3v) is 4.35. The maximum Gasteiger partial charge on any atom is 0.245 e. The summed E-state index contributed by atoms with van der Waals surface area (Å²) in [5, 5.41) is 14.0. The monoisotopic (exact) mass is 327 g/mol. The molecule has 2 aromatic heterocycles. The van der Waals surface area contributed by atoms with Gasteiger partial charge >= 0.3 is 0 Å². The average Bonchev–Trinajstić information content (AvgIpc) is 3.26. The van der Waals surface area contributed by atoms with Crippen LogP contribution in [-0.4, -0.2) is 36.1 Å². The SMILES string of the molecule is CC[C@H](C)[C@H](NC(=O)[C@H](C)n1cnnn1)c1nc2ccccc2[nH]1. The highest BCUT2D eigenvalue weighted by Crippen LogP contribution is 2.25. The molecule has 2 N–H and O–H groups in total. The van der Waals surface area contributed by atoms with Gasteiger partial charge < -0.3 is 10.3 Å². The van der Waals surface area contributed by atoms with E-state index in [9.17, 15) is 4.79 Å². The number of hydrogen-bond donors (Lipinski definition) is 2. The second-order valence-corrected chi connectivity index (χ2v) is 5.98. The first kappa shape index (κ1) is 16.1. The summed E-state index contributed by atoms with van der Waals surface area (Å²) < 4.78 is 1.43. The number of carbonyl (C=O) groups is 1. The lowest BCUT2D eigenvalue weighted by Gasteiger charge is -2.24. The van der Waals surface area contributed by atoms with Gasteiger partial charge in [0.1, 0.15) is 18.2 Å². The molecule has 2 heterocycles. The minimum atomic E-state index is -0.490. The quantitative estimate of drug-likeness (QED) is 0.721. The Morgan fingerprint density at radius 1 is 1.33 bits per heavy atom. The highest BCUT2D eigenvalue weighted by atomic mass is 16.2. The normalized spacial score (nSPS) is 15.1. The number of aromatic nitrogens is 6. The van der Waals surface area contributed by atoms with E-state index < -0.39 is 6.04 Å². The van der Waals surface area contributed by atoms with Crippen LogP contribution >= 0.6 is 0 Å². The van der Waals surface area contributed by atoms with Crippen LogP contribution in [-0.2, 0) is 4.79 Å². The smallest absolute Gasteiger partial charge is 0.245 e. The summed E-state index contributed by atoms with van der Waals surface area (Å²) in [5.41, 5.74) is 1.85. The number of para-hydroxylation sites is 2. The molecule has 3 aromatic rings. The Morgan fingerprint density at radius 2 is 2.12 bits per heavy atom. The van der Waals surface area contributed by atoms with E-state index in [1.807, 2.05) is 24.3 Å². The van der Waals surface area contributed by atoms with Crippen molar-refractivity contribution >= 4 is 16.9 Å². The zero-order valence-corrected chi connectivity index (χ0v) is 14.0. The van der Waals surface area contributed by atoms with E-state index in [1.165, 1.54) is 11.0 Å². The standard InChI is InChI=1S/C16H21N7O/c1-4-10(2)14(15-18-12-7-5-6-8-13(12)19-15)20-16(24)11(3)23-9-17-21-22-23/h5-11,14H,4H2,1-3H3,(H,18,19)(H,20,24)/t10-,11-,14-/m0/s1. The number of H-pyrrole nitrogens is 1. The van der Waals surface area contributed by atoms with Crippen molar-refractivity contribution in [2.75, 3.05) is 0 Å². The zero-order chi connectivity index (χ0) is 17.1. The van der Waals surface area contributed by atoms with Crippen molar-refractivity contribution < 1.29 is 4.79 Å². The van der Waals surface area contributed by atoms with Crippen LogP contribution in [0.15, 0.2) is 30.6 Å². The van der Waals surface area contributed by atoms with Crippen LogP contribution in [0.25, 0.3) is 11.0 Å². The third-order valence-electron chi connectivity index (χ3n) is 4.35. The molecule has 0 aliphatic heterocycles. The average molecular weight is 327 g/mol. The van der Waals surface area contributed by atoms with Crippen molar-refractivity contribution in [1.82, 2.24) is 35.5 Å². The highest BCUT2D eigenvalue weighted by Gasteiger charge is 2.26. The summed E-state index contributed by atoms with van der Waals surface area (Å²) in [5.74, 6) is 0.853. The molecule has 8 nitrogen and oxygen atoms in total. The van der Waals surface area contributed by atoms with Crippen LogP contribution in [0.4, 0.5) is 0 Å². The Balaban J connectivity index is 1.85. The second-order valence-electron chi connectivity index (χ2n) is 5.98. The van der Waals surface area contributed by atoms with E-state index >= 15 is 0 Å². The molecule has 0 spiro atoms. The van der Waals surface area contributed by atoms with E-state index in [4.69, 9.17) is 0 Å². The van der Waals surface area contributed by atoms with Crippen LogP contribution < -0.4 is 5.32 Å². The van der Waals surface area contributed by atoms with E-state index in [-0.39, 0.29) is 17.9 Å². The van der Waals surface area contributed by atoms with Crippen LogP contribution in [0.2, 0.25) is 0 Å². The molecule has 0 aliphatic carbocycles. The van der Waals surface area contributed by atoms with Gasteiger partial charge in [-0.3, -0.25) is 4.79 Å². The first-order chi connectivity index (χ1) is 11.6. The number of nitrogens with zero attached hydrogens (tertiary/aromatic N) is 5. The molecule has 0 unspecified atom stereocenters. The number of fused-ring (bicyclic) bond motifs is 1. The minimum Gasteiger partial charge on any atom is -0.344 e. The van der Waals surface area contributed by atoms with Crippen molar-refractivity contribution in [3.63, 3.8) is 0 Å². The molecule has 1 aromatic carbocycles. The van der Waals surface area contributed by atoms with Gasteiger partial charge in [0.25, 0.3) is 0 Å². The van der Waals surface area contributed by atoms with Gasteiger partial charge in [-0.15, -0.1) is 5.10 Å². The zero-order valence-electron chi connectivity index (χ0n) is 14.0. The number of benzene rings is 1. The molecule has 0 radical (unpaired) electrons. The number of rotatable bonds is 6. The predicted octanol–water partition coefficient (Wildman–Crippen LogP) is 2.01. The molecular weight excluding hydrogens is 306 g/mol. The molecule has 0 bridgehead atoms. The lowest BCUT2D eigenvalue weighted by Crippen LogP contribution is -2.37. The fraction of sp³-hybridized carbons (Fsp3) is 0.438. The largest absolute Gasteiger partial charge is 0.344 e. The number of tetrazole rings is 1. The number of amides is 1. The Bertz CT molecular complexity index is 778. The topological polar surface area (TPSA) is 101 Å². The fourth-order valence-electron chi connectivity index (χ4n) is 2.58. The third kappa shape index (κ3) is 3.12. The van der Waals surface area contributed by atoms with Crippen LogP contribution in [0, 0.1) is 5.92 Å². The summed E-state index contributed by atoms with van der Waals surface area (Å²) in [6.45, 7) is 5.95. The van der Waals surface area contributed by atoms with Crippen LogP contribution in [0.1, 0.15) is 45.1 Å². The molecule has 8 heteroatoms. The van der Waals surface area contributed by atoms with Crippen LogP contribution in [0.5, 0.6) is 0 Å². The Hall–Kier alpha value is -2.77. The molecular formula is C16H21N7O. The van der Waals surface area contributed by atoms with Crippen molar-refractivity contribution in [1.29, 1.82) is 0 Å². The second kappa shape index (κ2) is 6.77. The van der Waals surface area contributed by atoms with E-state index in [2.05, 4.69) is 44.7 Å². The van der Waals surface area contributed by atoms with Gasteiger partial charge in [-0.05, 0) is 35.4 Å². The Kier molecular flexibility index (Phi) is 4.54. The summed E-state index contributed by atoms with van der Waals surface area (Å²) in [7, 11) is 0. The van der Waals surface area contributed by atoms with Crippen molar-refractivity contribution in [2.45, 2.75) is 39.3 Å². The number of aromatic amines is 1. The number of hydrogen-bond acceptors (Lipinski definition) is 5. The first-order valence-electron chi connectivity index (χ1n) is 8.07. The maximum absolute atomic E-state index is 12.6. The Morgan fingerprint density at radius 3 is 2.79 bits per heavy atom. The van der Waals surface area contributed by atoms with E-state index in [0.29, 0.717) is 0 Å². The van der Waals surface area contributed by atoms with E-state index in [0.717, 1.165) is 23.3 Å². The number of nitrogens with one attached hydrogen (secondary N) is 2. The fourth-order valence-corrected chi connectivity index (χ4v) is 2.58. The minimum absolute atomic E-state index is 0.145. The molecule has 0 saturated carbocycles. The molecule has 0 fully saturated rings. The Labute approximate surface area is 139 Å². The maximum atomic E-state index is 12.6. The van der Waals surface area contributed by atoms with Crippen molar-refractivity contribution in [2.24, 2.45) is 5.92 Å².